The molecule has 1 aromatic heterocycles. The van der Waals surface area contributed by atoms with E-state index in [9.17, 15) is 14.0 Å². The number of halogens is 1. The number of hydrogen-bond acceptors (Lipinski definition) is 5. The molecule has 32 heavy (non-hydrogen) atoms. The van der Waals surface area contributed by atoms with Crippen LogP contribution in [0.3, 0.4) is 0 Å². The van der Waals surface area contributed by atoms with Crippen LogP contribution in [0.1, 0.15) is 12.0 Å². The molecule has 2 aromatic carbocycles. The molecule has 4 rings (SSSR count). The molecule has 1 saturated heterocycles. The van der Waals surface area contributed by atoms with Gasteiger partial charge < -0.3 is 21.7 Å². The summed E-state index contributed by atoms with van der Waals surface area (Å²) in [4.78, 5) is 30.2. The Balaban J connectivity index is 1.50. The van der Waals surface area contributed by atoms with Gasteiger partial charge in [-0.25, -0.2) is 4.39 Å². The van der Waals surface area contributed by atoms with Crippen molar-refractivity contribution in [2.45, 2.75) is 24.9 Å². The maximum absolute atomic E-state index is 13.3. The first kappa shape index (κ1) is 21.9. The molecule has 3 aromatic rings. The zero-order chi connectivity index (χ0) is 22.5. The van der Waals surface area contributed by atoms with E-state index in [2.05, 4.69) is 20.9 Å². The Bertz CT molecular complexity index is 1100. The Hall–Kier alpha value is -3.36. The summed E-state index contributed by atoms with van der Waals surface area (Å²) >= 11 is 0. The minimum atomic E-state index is -0.823. The number of benzene rings is 2. The smallest absolute Gasteiger partial charge is 0.247 e. The molecule has 3 atom stereocenters. The Morgan fingerprint density at radius 3 is 2.75 bits per heavy atom. The quantitative estimate of drug-likeness (QED) is 0.454. The van der Waals surface area contributed by atoms with E-state index < -0.39 is 6.04 Å². The van der Waals surface area contributed by atoms with Gasteiger partial charge in [0.25, 0.3) is 0 Å². The number of hydrogen-bond donors (Lipinski definition) is 4. The van der Waals surface area contributed by atoms with Crippen molar-refractivity contribution < 1.29 is 14.0 Å². The molecule has 2 amide bonds. The van der Waals surface area contributed by atoms with E-state index >= 15 is 0 Å². The minimum Gasteiger partial charge on any atom is -0.343 e. The van der Waals surface area contributed by atoms with Crippen molar-refractivity contribution >= 4 is 28.4 Å². The molecule has 2 heterocycles. The van der Waals surface area contributed by atoms with Crippen LogP contribution in [0.2, 0.25) is 0 Å². The molecule has 0 radical (unpaired) electrons. The van der Waals surface area contributed by atoms with Crippen molar-refractivity contribution in [2.75, 3.05) is 18.4 Å². The first-order valence-electron chi connectivity index (χ1n) is 10.7. The summed E-state index contributed by atoms with van der Waals surface area (Å²) in [5, 5.41) is 9.81. The summed E-state index contributed by atoms with van der Waals surface area (Å²) in [5.74, 6) is -0.710. The number of anilines is 1. The lowest BCUT2D eigenvalue weighted by Crippen LogP contribution is -2.50. The van der Waals surface area contributed by atoms with Crippen LogP contribution >= 0.6 is 0 Å². The van der Waals surface area contributed by atoms with Gasteiger partial charge in [0.15, 0.2) is 0 Å². The maximum atomic E-state index is 13.3. The number of nitrogens with zero attached hydrogens (tertiary/aromatic N) is 1. The third-order valence-corrected chi connectivity index (χ3v) is 5.73. The number of pyridine rings is 1. The molecule has 7 nitrogen and oxygen atoms in total. The van der Waals surface area contributed by atoms with Crippen molar-refractivity contribution in [1.29, 1.82) is 0 Å². The molecule has 5 N–H and O–H groups in total. The first-order chi connectivity index (χ1) is 15.5. The number of carbonyl (C=O) groups excluding carboxylic acids is 2. The molecule has 0 bridgehead atoms. The van der Waals surface area contributed by atoms with Crippen molar-refractivity contribution in [3.05, 3.63) is 72.2 Å². The normalized spacial score (nSPS) is 18.9. The third kappa shape index (κ3) is 5.27. The minimum absolute atomic E-state index is 0.236. The number of rotatable bonds is 7. The van der Waals surface area contributed by atoms with E-state index in [-0.39, 0.29) is 36.0 Å². The SMILES string of the molecule is NC[C@H]1CN[C@H](C(=O)NC(Cc2ccc(F)cc2)C(=O)Nc2ccc3ncccc3c2)C1. The second-order valence-electron chi connectivity index (χ2n) is 8.09. The Morgan fingerprint density at radius 2 is 2.00 bits per heavy atom. The summed E-state index contributed by atoms with van der Waals surface area (Å²) in [6, 6.07) is 13.9. The summed E-state index contributed by atoms with van der Waals surface area (Å²) in [5.41, 5.74) is 7.89. The van der Waals surface area contributed by atoms with E-state index in [0.717, 1.165) is 16.5 Å². The highest BCUT2D eigenvalue weighted by Crippen LogP contribution is 2.18. The molecule has 1 fully saturated rings. The van der Waals surface area contributed by atoms with E-state index in [1.165, 1.54) is 12.1 Å². The van der Waals surface area contributed by atoms with Crippen LogP contribution in [0.4, 0.5) is 10.1 Å². The average molecular weight is 436 g/mol. The van der Waals surface area contributed by atoms with Gasteiger partial charge >= 0.3 is 0 Å². The predicted molar refractivity (Wildman–Crippen MR) is 121 cm³/mol. The van der Waals surface area contributed by atoms with Gasteiger partial charge in [-0.2, -0.15) is 0 Å². The number of fused-ring (bicyclic) bond motifs is 1. The predicted octanol–water partition coefficient (Wildman–Crippen LogP) is 1.98. The van der Waals surface area contributed by atoms with Crippen LogP contribution in [-0.4, -0.2) is 42.0 Å². The fourth-order valence-corrected chi connectivity index (χ4v) is 3.91. The van der Waals surface area contributed by atoms with E-state index in [1.807, 2.05) is 24.3 Å². The Labute approximate surface area is 185 Å². The Morgan fingerprint density at radius 1 is 1.19 bits per heavy atom. The fourth-order valence-electron chi connectivity index (χ4n) is 3.91. The van der Waals surface area contributed by atoms with Crippen LogP contribution in [0, 0.1) is 11.7 Å². The number of nitrogens with two attached hydrogens (primary N) is 1. The second kappa shape index (κ2) is 9.84. The molecule has 8 heteroatoms. The van der Waals surface area contributed by atoms with Gasteiger partial charge in [0, 0.05) is 23.7 Å². The number of amides is 2. The largest absolute Gasteiger partial charge is 0.343 e. The second-order valence-corrected chi connectivity index (χ2v) is 8.09. The lowest BCUT2D eigenvalue weighted by Gasteiger charge is -2.21. The van der Waals surface area contributed by atoms with Gasteiger partial charge in [0.2, 0.25) is 11.8 Å². The average Bonchev–Trinajstić information content (AvgIpc) is 3.29. The molecule has 166 valence electrons. The highest BCUT2D eigenvalue weighted by atomic mass is 19.1. The van der Waals surface area contributed by atoms with Gasteiger partial charge in [-0.15, -0.1) is 0 Å². The van der Waals surface area contributed by atoms with Crippen molar-refractivity contribution in [3.8, 4) is 0 Å². The van der Waals surface area contributed by atoms with Gasteiger partial charge in [0.1, 0.15) is 11.9 Å². The van der Waals surface area contributed by atoms with Crippen LogP contribution in [0.15, 0.2) is 60.8 Å². The van der Waals surface area contributed by atoms with E-state index in [0.29, 0.717) is 25.2 Å². The van der Waals surface area contributed by atoms with Gasteiger partial charge in [0.05, 0.1) is 11.6 Å². The highest BCUT2D eigenvalue weighted by Gasteiger charge is 2.31. The van der Waals surface area contributed by atoms with Crippen LogP contribution in [-0.2, 0) is 16.0 Å². The van der Waals surface area contributed by atoms with Crippen molar-refractivity contribution in [3.63, 3.8) is 0 Å². The van der Waals surface area contributed by atoms with Crippen LogP contribution in [0.5, 0.6) is 0 Å². The highest BCUT2D eigenvalue weighted by molar-refractivity contribution is 5.99. The summed E-state index contributed by atoms with van der Waals surface area (Å²) in [6.07, 6.45) is 2.58. The lowest BCUT2D eigenvalue weighted by atomic mass is 10.0. The van der Waals surface area contributed by atoms with E-state index in [1.54, 1.807) is 24.4 Å². The van der Waals surface area contributed by atoms with Crippen molar-refractivity contribution in [2.24, 2.45) is 11.7 Å². The van der Waals surface area contributed by atoms with Gasteiger partial charge in [-0.3, -0.25) is 14.6 Å². The molecule has 0 spiro atoms. The summed E-state index contributed by atoms with van der Waals surface area (Å²) in [7, 11) is 0. The van der Waals surface area contributed by atoms with Gasteiger partial charge in [-0.1, -0.05) is 18.2 Å². The van der Waals surface area contributed by atoms with Gasteiger partial charge in [-0.05, 0) is 67.4 Å². The number of carbonyl (C=O) groups is 2. The van der Waals surface area contributed by atoms with Crippen molar-refractivity contribution in [1.82, 2.24) is 15.6 Å². The third-order valence-electron chi connectivity index (χ3n) is 5.73. The first-order valence-corrected chi connectivity index (χ1v) is 10.7. The fraction of sp³-hybridized carbons (Fsp3) is 0.292. The molecule has 1 aliphatic heterocycles. The molecule has 1 unspecified atom stereocenters. The zero-order valence-corrected chi connectivity index (χ0v) is 17.6. The summed E-state index contributed by atoms with van der Waals surface area (Å²) in [6.45, 7) is 1.18. The van der Waals surface area contributed by atoms with Crippen LogP contribution in [0.25, 0.3) is 10.9 Å². The molecule has 0 aliphatic carbocycles. The molecular formula is C24H26FN5O2. The van der Waals surface area contributed by atoms with E-state index in [4.69, 9.17) is 5.73 Å². The standard InChI is InChI=1S/C24H26FN5O2/c25-18-5-3-15(4-6-18)10-22(30-23(31)21-11-16(13-26)14-28-21)24(32)29-19-7-8-20-17(12-19)2-1-9-27-20/h1-9,12,16,21-22,28H,10-11,13-14,26H2,(H,29,32)(H,30,31)/t16-,21-,22?/m0/s1. The number of nitrogens with one attached hydrogen (secondary N) is 3. The lowest BCUT2D eigenvalue weighted by molar-refractivity contribution is -0.127. The zero-order valence-electron chi connectivity index (χ0n) is 17.6. The number of aromatic nitrogens is 1. The molecule has 1 aliphatic rings. The molecule has 0 saturated carbocycles. The topological polar surface area (TPSA) is 109 Å². The monoisotopic (exact) mass is 435 g/mol. The maximum Gasteiger partial charge on any atom is 0.247 e. The Kier molecular flexibility index (Phi) is 6.72. The van der Waals surface area contributed by atoms with Crippen LogP contribution < -0.4 is 21.7 Å². The molecular weight excluding hydrogens is 409 g/mol. The summed E-state index contributed by atoms with van der Waals surface area (Å²) < 4.78 is 13.3.